The summed E-state index contributed by atoms with van der Waals surface area (Å²) < 4.78 is 7.81. The summed E-state index contributed by atoms with van der Waals surface area (Å²) in [7, 11) is 0. The van der Waals surface area contributed by atoms with Crippen LogP contribution in [0.3, 0.4) is 0 Å². The molecule has 1 aliphatic heterocycles. The van der Waals surface area contributed by atoms with Crippen LogP contribution in [0.15, 0.2) is 24.4 Å². The Balaban J connectivity index is 1.46. The van der Waals surface area contributed by atoms with Gasteiger partial charge in [0.25, 0.3) is 0 Å². The molecule has 19 heavy (non-hydrogen) atoms. The Kier molecular flexibility index (Phi) is 4.18. The molecular formula is C15H23N3O. The van der Waals surface area contributed by atoms with E-state index in [1.165, 1.54) is 32.4 Å². The molecule has 104 valence electrons. The number of allylic oxidation sites excluding steroid dienone is 2. The lowest BCUT2D eigenvalue weighted by Crippen LogP contribution is -2.25. The van der Waals surface area contributed by atoms with Crippen molar-refractivity contribution >= 4 is 0 Å². The molecule has 2 aliphatic rings. The normalized spacial score (nSPS) is 23.9. The number of aromatic nitrogens is 2. The van der Waals surface area contributed by atoms with Crippen LogP contribution < -0.4 is 4.74 Å². The first kappa shape index (κ1) is 12.7. The highest BCUT2D eigenvalue weighted by molar-refractivity contribution is 5.07. The highest BCUT2D eigenvalue weighted by atomic mass is 16.5. The second kappa shape index (κ2) is 6.24. The van der Waals surface area contributed by atoms with Crippen LogP contribution in [0.2, 0.25) is 0 Å². The van der Waals surface area contributed by atoms with Gasteiger partial charge in [0.15, 0.2) is 0 Å². The first-order valence-corrected chi connectivity index (χ1v) is 7.47. The molecular weight excluding hydrogens is 238 g/mol. The molecule has 0 bridgehead atoms. The third kappa shape index (κ3) is 3.38. The standard InChI is InChI=1S/C15H23N3O/c1-2-6-14(7-3-1)18-11-8-15(16-18)19-13-12-17-9-4-5-10-17/h1-2,8,11,14H,3-7,9-10,12-13H2. The van der Waals surface area contributed by atoms with Gasteiger partial charge in [0, 0.05) is 18.8 Å². The van der Waals surface area contributed by atoms with Crippen LogP contribution >= 0.6 is 0 Å². The van der Waals surface area contributed by atoms with Gasteiger partial charge in [-0.1, -0.05) is 12.2 Å². The second-order valence-electron chi connectivity index (χ2n) is 5.47. The molecule has 4 nitrogen and oxygen atoms in total. The lowest BCUT2D eigenvalue weighted by atomic mass is 10.0. The smallest absolute Gasteiger partial charge is 0.232 e. The molecule has 4 heteroatoms. The fourth-order valence-corrected chi connectivity index (χ4v) is 2.90. The van der Waals surface area contributed by atoms with Gasteiger partial charge in [-0.15, -0.1) is 5.10 Å². The molecule has 1 aliphatic carbocycles. The summed E-state index contributed by atoms with van der Waals surface area (Å²) >= 11 is 0. The fraction of sp³-hybridized carbons (Fsp3) is 0.667. The van der Waals surface area contributed by atoms with Gasteiger partial charge in [0.2, 0.25) is 5.88 Å². The van der Waals surface area contributed by atoms with Crippen molar-refractivity contribution < 1.29 is 4.74 Å². The predicted octanol–water partition coefficient (Wildman–Crippen LogP) is 2.64. The van der Waals surface area contributed by atoms with E-state index in [9.17, 15) is 0 Å². The molecule has 3 rings (SSSR count). The maximum Gasteiger partial charge on any atom is 0.232 e. The van der Waals surface area contributed by atoms with E-state index >= 15 is 0 Å². The maximum absolute atomic E-state index is 5.75. The molecule has 0 aromatic carbocycles. The van der Waals surface area contributed by atoms with E-state index in [4.69, 9.17) is 4.74 Å². The van der Waals surface area contributed by atoms with Crippen molar-refractivity contribution in [3.8, 4) is 5.88 Å². The van der Waals surface area contributed by atoms with E-state index in [0.29, 0.717) is 6.04 Å². The molecule has 2 heterocycles. The van der Waals surface area contributed by atoms with Gasteiger partial charge in [0.05, 0.1) is 6.04 Å². The third-order valence-corrected chi connectivity index (χ3v) is 4.06. The number of rotatable bonds is 5. The van der Waals surface area contributed by atoms with Gasteiger partial charge < -0.3 is 4.74 Å². The van der Waals surface area contributed by atoms with Gasteiger partial charge in [-0.2, -0.15) is 0 Å². The highest BCUT2D eigenvalue weighted by Crippen LogP contribution is 2.23. The van der Waals surface area contributed by atoms with Gasteiger partial charge in [-0.25, -0.2) is 0 Å². The van der Waals surface area contributed by atoms with Crippen LogP contribution in [0.4, 0.5) is 0 Å². The van der Waals surface area contributed by atoms with Crippen molar-refractivity contribution in [2.24, 2.45) is 0 Å². The molecule has 0 N–H and O–H groups in total. The SMILES string of the molecule is C1=CCC(n2ccc(OCCN3CCCC3)n2)CC1. The Labute approximate surface area is 115 Å². The molecule has 1 unspecified atom stereocenters. The van der Waals surface area contributed by atoms with Crippen molar-refractivity contribution in [2.45, 2.75) is 38.1 Å². The Bertz CT molecular complexity index is 421. The molecule has 0 spiro atoms. The summed E-state index contributed by atoms with van der Waals surface area (Å²) in [6.45, 7) is 4.24. The minimum absolute atomic E-state index is 0.515. The van der Waals surface area contributed by atoms with Crippen LogP contribution in [0.1, 0.15) is 38.1 Å². The zero-order chi connectivity index (χ0) is 12.9. The largest absolute Gasteiger partial charge is 0.475 e. The van der Waals surface area contributed by atoms with E-state index in [0.717, 1.165) is 31.9 Å². The van der Waals surface area contributed by atoms with E-state index in [1.807, 2.05) is 6.07 Å². The maximum atomic E-state index is 5.75. The number of likely N-dealkylation sites (tertiary alicyclic amines) is 1. The Morgan fingerprint density at radius 2 is 2.16 bits per heavy atom. The van der Waals surface area contributed by atoms with Crippen molar-refractivity contribution in [3.05, 3.63) is 24.4 Å². The lowest BCUT2D eigenvalue weighted by Gasteiger charge is -2.18. The zero-order valence-electron chi connectivity index (χ0n) is 11.5. The average Bonchev–Trinajstić information content (AvgIpc) is 3.11. The summed E-state index contributed by atoms with van der Waals surface area (Å²) in [5, 5.41) is 4.54. The van der Waals surface area contributed by atoms with Crippen LogP contribution in [-0.2, 0) is 0 Å². The Morgan fingerprint density at radius 1 is 1.26 bits per heavy atom. The summed E-state index contributed by atoms with van der Waals surface area (Å²) in [6, 6.07) is 2.50. The number of nitrogens with zero attached hydrogens (tertiary/aromatic N) is 3. The van der Waals surface area contributed by atoms with Crippen molar-refractivity contribution in [1.29, 1.82) is 0 Å². The van der Waals surface area contributed by atoms with E-state index in [2.05, 4.69) is 33.0 Å². The molecule has 1 aromatic rings. The second-order valence-corrected chi connectivity index (χ2v) is 5.47. The Morgan fingerprint density at radius 3 is 2.95 bits per heavy atom. The van der Waals surface area contributed by atoms with Crippen molar-refractivity contribution in [1.82, 2.24) is 14.7 Å². The lowest BCUT2D eigenvalue weighted by molar-refractivity contribution is 0.229. The van der Waals surface area contributed by atoms with Crippen LogP contribution in [-0.4, -0.2) is 40.9 Å². The van der Waals surface area contributed by atoms with Gasteiger partial charge in [0.1, 0.15) is 6.61 Å². The topological polar surface area (TPSA) is 30.3 Å². The number of hydrogen-bond donors (Lipinski definition) is 0. The minimum Gasteiger partial charge on any atom is -0.475 e. The van der Waals surface area contributed by atoms with Crippen LogP contribution in [0.5, 0.6) is 5.88 Å². The Hall–Kier alpha value is -1.29. The van der Waals surface area contributed by atoms with Crippen molar-refractivity contribution in [3.63, 3.8) is 0 Å². The predicted molar refractivity (Wildman–Crippen MR) is 75.4 cm³/mol. The van der Waals surface area contributed by atoms with E-state index in [-0.39, 0.29) is 0 Å². The van der Waals surface area contributed by atoms with Gasteiger partial charge >= 0.3 is 0 Å². The quantitative estimate of drug-likeness (QED) is 0.763. The first-order chi connectivity index (χ1) is 9.42. The summed E-state index contributed by atoms with van der Waals surface area (Å²) in [6.07, 6.45) is 12.7. The fourth-order valence-electron chi connectivity index (χ4n) is 2.90. The summed E-state index contributed by atoms with van der Waals surface area (Å²) in [5.74, 6) is 0.772. The molecule has 0 amide bonds. The van der Waals surface area contributed by atoms with E-state index in [1.54, 1.807) is 0 Å². The molecule has 1 aromatic heterocycles. The first-order valence-electron chi connectivity index (χ1n) is 7.47. The highest BCUT2D eigenvalue weighted by Gasteiger charge is 2.14. The van der Waals surface area contributed by atoms with Crippen LogP contribution in [0.25, 0.3) is 0 Å². The van der Waals surface area contributed by atoms with Gasteiger partial charge in [-0.05, 0) is 45.2 Å². The molecule has 0 radical (unpaired) electrons. The van der Waals surface area contributed by atoms with Crippen LogP contribution in [0, 0.1) is 0 Å². The van der Waals surface area contributed by atoms with Crippen molar-refractivity contribution in [2.75, 3.05) is 26.2 Å². The zero-order valence-corrected chi connectivity index (χ0v) is 11.5. The third-order valence-electron chi connectivity index (χ3n) is 4.06. The number of ether oxygens (including phenoxy) is 1. The summed E-state index contributed by atoms with van der Waals surface area (Å²) in [4.78, 5) is 2.46. The summed E-state index contributed by atoms with van der Waals surface area (Å²) in [5.41, 5.74) is 0. The molecule has 1 saturated heterocycles. The molecule has 1 fully saturated rings. The average molecular weight is 261 g/mol. The minimum atomic E-state index is 0.515. The molecule has 1 atom stereocenters. The monoisotopic (exact) mass is 261 g/mol. The van der Waals surface area contributed by atoms with Gasteiger partial charge in [-0.3, -0.25) is 9.58 Å². The molecule has 0 saturated carbocycles. The van der Waals surface area contributed by atoms with E-state index < -0.39 is 0 Å². The number of hydrogen-bond acceptors (Lipinski definition) is 3.